The Morgan fingerprint density at radius 2 is 1.89 bits per heavy atom. The Hall–Kier alpha value is -2.03. The van der Waals surface area contributed by atoms with Crippen LogP contribution in [0.4, 0.5) is 9.93 Å². The number of carbonyl (C=O) groups is 2. The number of alkyl carbamates (subject to hydrolysis) is 1. The van der Waals surface area contributed by atoms with Crippen LogP contribution in [0, 0.1) is 5.92 Å². The van der Waals surface area contributed by atoms with Crippen LogP contribution in [0.3, 0.4) is 0 Å². The number of nitrogens with one attached hydrogen (secondary N) is 1. The zero-order chi connectivity index (χ0) is 26.2. The molecule has 0 unspecified atom stereocenters. The Morgan fingerprint density at radius 1 is 1.17 bits per heavy atom. The lowest BCUT2D eigenvalue weighted by atomic mass is 10.0. The molecule has 0 saturated heterocycles. The number of amides is 1. The lowest BCUT2D eigenvalue weighted by Crippen LogP contribution is -2.33. The van der Waals surface area contributed by atoms with Crippen LogP contribution in [0.2, 0.25) is 10.0 Å². The largest absolute Gasteiger partial charge is 0.481 e. The predicted molar refractivity (Wildman–Crippen MR) is 144 cm³/mol. The van der Waals surface area contributed by atoms with Crippen molar-refractivity contribution in [1.29, 1.82) is 0 Å². The summed E-state index contributed by atoms with van der Waals surface area (Å²) in [6, 6.07) is 5.48. The van der Waals surface area contributed by atoms with E-state index in [2.05, 4.69) is 19.2 Å². The third-order valence-corrected chi connectivity index (χ3v) is 6.74. The number of aliphatic carboxylic acids is 1. The van der Waals surface area contributed by atoms with Gasteiger partial charge in [0.1, 0.15) is 5.60 Å². The summed E-state index contributed by atoms with van der Waals surface area (Å²) in [6.45, 7) is 11.2. The molecule has 2 rings (SSSR count). The van der Waals surface area contributed by atoms with E-state index in [1.165, 1.54) is 0 Å². The molecule has 1 amide bonds. The van der Waals surface area contributed by atoms with Crippen LogP contribution in [-0.4, -0.2) is 47.4 Å². The number of thiazole rings is 1. The molecule has 0 bridgehead atoms. The first-order valence-corrected chi connectivity index (χ1v) is 13.3. The van der Waals surface area contributed by atoms with Crippen LogP contribution >= 0.6 is 34.5 Å². The lowest BCUT2D eigenvalue weighted by molar-refractivity contribution is -0.136. The van der Waals surface area contributed by atoms with Crippen molar-refractivity contribution < 1.29 is 19.4 Å². The molecule has 35 heavy (non-hydrogen) atoms. The van der Waals surface area contributed by atoms with Gasteiger partial charge in [-0.05, 0) is 58.1 Å². The first kappa shape index (κ1) is 29.2. The number of unbranched alkanes of at least 4 members (excludes halogenated alkanes) is 1. The van der Waals surface area contributed by atoms with Gasteiger partial charge in [0.05, 0.1) is 22.2 Å². The van der Waals surface area contributed by atoms with Crippen LogP contribution < -0.4 is 10.2 Å². The van der Waals surface area contributed by atoms with E-state index in [4.69, 9.17) is 32.9 Å². The van der Waals surface area contributed by atoms with E-state index >= 15 is 0 Å². The van der Waals surface area contributed by atoms with E-state index < -0.39 is 17.7 Å². The molecule has 7 nitrogen and oxygen atoms in total. The minimum absolute atomic E-state index is 0.0113. The second-order valence-electron chi connectivity index (χ2n) is 9.76. The second kappa shape index (κ2) is 13.3. The molecule has 0 aliphatic rings. The molecule has 0 fully saturated rings. The van der Waals surface area contributed by atoms with E-state index in [0.29, 0.717) is 35.6 Å². The van der Waals surface area contributed by atoms with Gasteiger partial charge in [0.2, 0.25) is 0 Å². The maximum atomic E-state index is 11.8. The van der Waals surface area contributed by atoms with Gasteiger partial charge >= 0.3 is 12.1 Å². The molecule has 1 heterocycles. The summed E-state index contributed by atoms with van der Waals surface area (Å²) >= 11 is 13.9. The number of carboxylic acid groups (broad SMARTS) is 1. The fraction of sp³-hybridized carbons (Fsp3) is 0.560. The number of benzene rings is 1. The van der Waals surface area contributed by atoms with Crippen molar-refractivity contribution in [3.63, 3.8) is 0 Å². The Balaban J connectivity index is 2.15. The molecule has 2 N–H and O–H groups in total. The number of rotatable bonds is 12. The molecule has 0 atom stereocenters. The number of aromatic nitrogens is 1. The van der Waals surface area contributed by atoms with E-state index in [0.717, 1.165) is 40.5 Å². The number of hydrogen-bond acceptors (Lipinski definition) is 6. The SMILES string of the molecule is CC(C)Cc1sc(N(CCCCNC(=O)OC(C)(C)C)CCC(=O)O)nc1-c1ccc(Cl)c(Cl)c1. The average molecular weight is 545 g/mol. The van der Waals surface area contributed by atoms with Gasteiger partial charge in [-0.3, -0.25) is 4.79 Å². The van der Waals surface area contributed by atoms with E-state index in [-0.39, 0.29) is 6.42 Å². The highest BCUT2D eigenvalue weighted by Crippen LogP contribution is 2.37. The van der Waals surface area contributed by atoms with Gasteiger partial charge < -0.3 is 20.1 Å². The van der Waals surface area contributed by atoms with Gasteiger partial charge in [-0.15, -0.1) is 11.3 Å². The van der Waals surface area contributed by atoms with Gasteiger partial charge in [0.15, 0.2) is 5.13 Å². The fourth-order valence-corrected chi connectivity index (χ4v) is 4.96. The summed E-state index contributed by atoms with van der Waals surface area (Å²) < 4.78 is 5.25. The molecule has 2 aromatic rings. The van der Waals surface area contributed by atoms with E-state index in [1.54, 1.807) is 17.4 Å². The smallest absolute Gasteiger partial charge is 0.407 e. The molecule has 1 aromatic carbocycles. The zero-order valence-electron chi connectivity index (χ0n) is 21.0. The molecule has 0 aliphatic heterocycles. The Kier molecular flexibility index (Phi) is 11.1. The summed E-state index contributed by atoms with van der Waals surface area (Å²) in [7, 11) is 0. The van der Waals surface area contributed by atoms with Gasteiger partial charge in [0.25, 0.3) is 0 Å². The van der Waals surface area contributed by atoms with Crippen LogP contribution in [0.25, 0.3) is 11.3 Å². The minimum Gasteiger partial charge on any atom is -0.481 e. The molecule has 0 aliphatic carbocycles. The summed E-state index contributed by atoms with van der Waals surface area (Å²) in [5, 5.41) is 13.7. The first-order chi connectivity index (χ1) is 16.4. The summed E-state index contributed by atoms with van der Waals surface area (Å²) in [5.74, 6) is -0.429. The molecule has 194 valence electrons. The van der Waals surface area contributed by atoms with Crippen LogP contribution in [0.1, 0.15) is 58.8 Å². The molecule has 0 spiro atoms. The predicted octanol–water partition coefficient (Wildman–Crippen LogP) is 6.90. The fourth-order valence-electron chi connectivity index (χ4n) is 3.32. The monoisotopic (exact) mass is 543 g/mol. The van der Waals surface area contributed by atoms with Crippen molar-refractivity contribution in [3.8, 4) is 11.3 Å². The van der Waals surface area contributed by atoms with E-state index in [9.17, 15) is 14.7 Å². The Labute approximate surface area is 221 Å². The third kappa shape index (κ3) is 10.2. The molecule has 10 heteroatoms. The molecule has 1 aromatic heterocycles. The van der Waals surface area contributed by atoms with Crippen molar-refractivity contribution in [2.45, 2.75) is 65.9 Å². The topological polar surface area (TPSA) is 91.8 Å². The zero-order valence-corrected chi connectivity index (χ0v) is 23.3. The number of nitrogens with zero attached hydrogens (tertiary/aromatic N) is 2. The number of anilines is 1. The average Bonchev–Trinajstić information content (AvgIpc) is 3.13. The highest BCUT2D eigenvalue weighted by atomic mass is 35.5. The Morgan fingerprint density at radius 3 is 2.49 bits per heavy atom. The normalized spacial score (nSPS) is 11.5. The van der Waals surface area contributed by atoms with Gasteiger partial charge in [-0.25, -0.2) is 9.78 Å². The minimum atomic E-state index is -0.856. The molecule has 0 radical (unpaired) electrons. The van der Waals surface area contributed by atoms with Crippen molar-refractivity contribution >= 4 is 51.7 Å². The van der Waals surface area contributed by atoms with Crippen molar-refractivity contribution in [2.24, 2.45) is 5.92 Å². The van der Waals surface area contributed by atoms with Crippen molar-refractivity contribution in [3.05, 3.63) is 33.1 Å². The highest BCUT2D eigenvalue weighted by Gasteiger charge is 2.20. The number of carbonyl (C=O) groups excluding carboxylic acids is 1. The van der Waals surface area contributed by atoms with Gasteiger partial charge in [0, 0.05) is 30.1 Å². The number of halogens is 2. The van der Waals surface area contributed by atoms with Gasteiger partial charge in [-0.1, -0.05) is 43.1 Å². The molecule has 0 saturated carbocycles. The summed E-state index contributed by atoms with van der Waals surface area (Å²) in [6.07, 6.45) is 1.91. The van der Waals surface area contributed by atoms with Crippen LogP contribution in [0.15, 0.2) is 18.2 Å². The quantitative estimate of drug-likeness (QED) is 0.283. The number of carboxylic acids is 1. The second-order valence-corrected chi connectivity index (χ2v) is 11.6. The first-order valence-electron chi connectivity index (χ1n) is 11.7. The summed E-state index contributed by atoms with van der Waals surface area (Å²) in [4.78, 5) is 31.2. The standard InChI is InChI=1S/C25H35Cl2N3O4S/c1-16(2)14-20-22(17-8-9-18(26)19(27)15-17)29-23(35-20)30(13-10-21(31)32)12-7-6-11-28-24(33)34-25(3,4)5/h8-9,15-16H,6-7,10-14H2,1-5H3,(H,28,33)(H,31,32). The number of hydrogen-bond donors (Lipinski definition) is 2. The van der Waals surface area contributed by atoms with Crippen molar-refractivity contribution in [2.75, 3.05) is 24.5 Å². The van der Waals surface area contributed by atoms with Crippen molar-refractivity contribution in [1.82, 2.24) is 10.3 Å². The lowest BCUT2D eigenvalue weighted by Gasteiger charge is -2.21. The molecular formula is C25H35Cl2N3O4S. The summed E-state index contributed by atoms with van der Waals surface area (Å²) in [5.41, 5.74) is 1.20. The number of ether oxygens (including phenoxy) is 1. The van der Waals surface area contributed by atoms with E-state index in [1.807, 2.05) is 37.8 Å². The Bertz CT molecular complexity index is 1010. The third-order valence-electron chi connectivity index (χ3n) is 4.86. The molecular weight excluding hydrogens is 509 g/mol. The van der Waals surface area contributed by atoms with Gasteiger partial charge in [-0.2, -0.15) is 0 Å². The van der Waals surface area contributed by atoms with Crippen LogP contribution in [0.5, 0.6) is 0 Å². The highest BCUT2D eigenvalue weighted by molar-refractivity contribution is 7.16. The van der Waals surface area contributed by atoms with Crippen LogP contribution in [-0.2, 0) is 16.0 Å². The maximum Gasteiger partial charge on any atom is 0.407 e. The maximum absolute atomic E-state index is 11.8.